The molecule has 1 fully saturated rings. The molecule has 0 bridgehead atoms. The van der Waals surface area contributed by atoms with E-state index in [1.54, 1.807) is 0 Å². The molecule has 0 spiro atoms. The largest absolute Gasteiger partial charge is 0.310 e. The molecule has 19 heavy (non-hydrogen) atoms. The van der Waals surface area contributed by atoms with Crippen molar-refractivity contribution in [3.63, 3.8) is 0 Å². The van der Waals surface area contributed by atoms with Gasteiger partial charge in [-0.3, -0.25) is 9.58 Å². The van der Waals surface area contributed by atoms with E-state index in [0.717, 1.165) is 39.1 Å². The maximum absolute atomic E-state index is 4.36. The molecule has 1 N–H and O–H groups in total. The molecule has 0 amide bonds. The summed E-state index contributed by atoms with van der Waals surface area (Å²) in [5.74, 6) is 0. The molecule has 108 valence electrons. The summed E-state index contributed by atoms with van der Waals surface area (Å²) in [6, 6.07) is 2.72. The van der Waals surface area contributed by atoms with Crippen LogP contribution in [0.4, 0.5) is 0 Å². The molecule has 0 saturated carbocycles. The van der Waals surface area contributed by atoms with Gasteiger partial charge in [-0.1, -0.05) is 6.92 Å². The number of hydrogen-bond acceptors (Lipinski definition) is 4. The van der Waals surface area contributed by atoms with Crippen molar-refractivity contribution in [3.05, 3.63) is 18.0 Å². The van der Waals surface area contributed by atoms with Gasteiger partial charge in [-0.15, -0.1) is 0 Å². The fourth-order valence-corrected chi connectivity index (χ4v) is 2.61. The third-order valence-electron chi connectivity index (χ3n) is 3.91. The summed E-state index contributed by atoms with van der Waals surface area (Å²) < 4.78 is 2.10. The number of piperazine rings is 1. The molecule has 0 aromatic carbocycles. The van der Waals surface area contributed by atoms with Gasteiger partial charge in [0, 0.05) is 51.5 Å². The lowest BCUT2D eigenvalue weighted by molar-refractivity contribution is 0.113. The van der Waals surface area contributed by atoms with Crippen molar-refractivity contribution in [1.82, 2.24) is 24.9 Å². The third-order valence-corrected chi connectivity index (χ3v) is 3.91. The number of hydrogen-bond donors (Lipinski definition) is 1. The Hall–Kier alpha value is -0.910. The summed E-state index contributed by atoms with van der Waals surface area (Å²) in [4.78, 5) is 4.87. The lowest BCUT2D eigenvalue weighted by Gasteiger charge is -2.37. The van der Waals surface area contributed by atoms with Crippen LogP contribution in [0.15, 0.2) is 12.3 Å². The molecular weight excluding hydrogens is 238 g/mol. The van der Waals surface area contributed by atoms with Gasteiger partial charge in [0.1, 0.15) is 0 Å². The van der Waals surface area contributed by atoms with Crippen molar-refractivity contribution in [2.24, 2.45) is 0 Å². The van der Waals surface area contributed by atoms with Crippen LogP contribution in [0.25, 0.3) is 0 Å². The van der Waals surface area contributed by atoms with Gasteiger partial charge in [-0.2, -0.15) is 5.10 Å². The molecule has 2 heterocycles. The van der Waals surface area contributed by atoms with Crippen LogP contribution in [0.1, 0.15) is 19.0 Å². The smallest absolute Gasteiger partial charge is 0.0522 e. The standard InChI is InChI=1S/C14H27N5/c1-4-7-19-13(5-6-16-19)10-15-11-14-12-17(2)8-9-18(14)3/h5-6,14-15H,4,7-12H2,1-3H3. The normalized spacial score (nSPS) is 21.9. The number of nitrogens with zero attached hydrogens (tertiary/aromatic N) is 4. The minimum absolute atomic E-state index is 0.612. The molecule has 0 radical (unpaired) electrons. The van der Waals surface area contributed by atoms with E-state index in [0.29, 0.717) is 6.04 Å². The molecule has 1 saturated heterocycles. The lowest BCUT2D eigenvalue weighted by atomic mass is 10.2. The zero-order valence-corrected chi connectivity index (χ0v) is 12.5. The second kappa shape index (κ2) is 7.03. The molecule has 0 aliphatic carbocycles. The summed E-state index contributed by atoms with van der Waals surface area (Å²) in [5, 5.41) is 7.93. The van der Waals surface area contributed by atoms with Crippen LogP contribution in [0, 0.1) is 0 Å². The van der Waals surface area contributed by atoms with Gasteiger partial charge >= 0.3 is 0 Å². The average Bonchev–Trinajstić information content (AvgIpc) is 2.82. The number of aromatic nitrogens is 2. The number of likely N-dealkylation sites (N-methyl/N-ethyl adjacent to an activating group) is 2. The summed E-state index contributed by atoms with van der Waals surface area (Å²) in [7, 11) is 4.43. The minimum atomic E-state index is 0.612. The molecule has 1 aromatic rings. The number of rotatable bonds is 6. The minimum Gasteiger partial charge on any atom is -0.310 e. The van der Waals surface area contributed by atoms with Gasteiger partial charge in [0.2, 0.25) is 0 Å². The lowest BCUT2D eigenvalue weighted by Crippen LogP contribution is -2.53. The number of aryl methyl sites for hydroxylation is 1. The van der Waals surface area contributed by atoms with Crippen LogP contribution in [0.2, 0.25) is 0 Å². The summed E-state index contributed by atoms with van der Waals surface area (Å²) in [6.45, 7) is 8.64. The Balaban J connectivity index is 1.77. The highest BCUT2D eigenvalue weighted by Crippen LogP contribution is 2.05. The zero-order chi connectivity index (χ0) is 13.7. The first-order chi connectivity index (χ1) is 9.20. The van der Waals surface area contributed by atoms with Crippen LogP contribution >= 0.6 is 0 Å². The first-order valence-electron chi connectivity index (χ1n) is 7.31. The van der Waals surface area contributed by atoms with Crippen LogP contribution in [-0.2, 0) is 13.1 Å². The first-order valence-corrected chi connectivity index (χ1v) is 7.31. The van der Waals surface area contributed by atoms with Crippen LogP contribution < -0.4 is 5.32 Å². The van der Waals surface area contributed by atoms with E-state index in [2.05, 4.69) is 52.0 Å². The number of nitrogens with one attached hydrogen (secondary N) is 1. The fraction of sp³-hybridized carbons (Fsp3) is 0.786. The van der Waals surface area contributed by atoms with Crippen LogP contribution in [-0.4, -0.2) is 65.9 Å². The first kappa shape index (κ1) is 14.5. The van der Waals surface area contributed by atoms with E-state index < -0.39 is 0 Å². The molecule has 2 rings (SSSR count). The topological polar surface area (TPSA) is 36.3 Å². The maximum Gasteiger partial charge on any atom is 0.0522 e. The van der Waals surface area contributed by atoms with Crippen molar-refractivity contribution >= 4 is 0 Å². The van der Waals surface area contributed by atoms with Crippen LogP contribution in [0.3, 0.4) is 0 Å². The second-order valence-corrected chi connectivity index (χ2v) is 5.57. The van der Waals surface area contributed by atoms with Crippen LogP contribution in [0.5, 0.6) is 0 Å². The highest BCUT2D eigenvalue weighted by atomic mass is 15.3. The van der Waals surface area contributed by atoms with Crippen molar-refractivity contribution in [1.29, 1.82) is 0 Å². The maximum atomic E-state index is 4.36. The Kier molecular flexibility index (Phi) is 5.36. The van der Waals surface area contributed by atoms with E-state index >= 15 is 0 Å². The van der Waals surface area contributed by atoms with E-state index in [1.165, 1.54) is 12.2 Å². The Morgan fingerprint density at radius 1 is 1.37 bits per heavy atom. The molecule has 1 atom stereocenters. The van der Waals surface area contributed by atoms with Gasteiger partial charge in [0.05, 0.1) is 5.69 Å². The van der Waals surface area contributed by atoms with E-state index in [9.17, 15) is 0 Å². The summed E-state index contributed by atoms with van der Waals surface area (Å²) in [5.41, 5.74) is 1.29. The highest BCUT2D eigenvalue weighted by Gasteiger charge is 2.21. The predicted molar refractivity (Wildman–Crippen MR) is 78.1 cm³/mol. The van der Waals surface area contributed by atoms with Gasteiger partial charge in [-0.05, 0) is 26.6 Å². The van der Waals surface area contributed by atoms with Crippen molar-refractivity contribution in [2.45, 2.75) is 32.5 Å². The molecule has 1 unspecified atom stereocenters. The molecule has 1 aromatic heterocycles. The Labute approximate surface area is 116 Å². The molecule has 1 aliphatic rings. The fourth-order valence-electron chi connectivity index (χ4n) is 2.61. The van der Waals surface area contributed by atoms with Gasteiger partial charge in [0.25, 0.3) is 0 Å². The Bertz CT molecular complexity index is 376. The van der Waals surface area contributed by atoms with Gasteiger partial charge in [0.15, 0.2) is 0 Å². The predicted octanol–water partition coefficient (Wildman–Crippen LogP) is 0.629. The van der Waals surface area contributed by atoms with Gasteiger partial charge < -0.3 is 10.2 Å². The Morgan fingerprint density at radius 2 is 2.21 bits per heavy atom. The van der Waals surface area contributed by atoms with E-state index in [1.807, 2.05) is 6.20 Å². The van der Waals surface area contributed by atoms with E-state index in [-0.39, 0.29) is 0 Å². The molecule has 1 aliphatic heterocycles. The summed E-state index contributed by atoms with van der Waals surface area (Å²) in [6.07, 6.45) is 3.03. The zero-order valence-electron chi connectivity index (χ0n) is 12.5. The molecule has 5 heteroatoms. The molecule has 5 nitrogen and oxygen atoms in total. The van der Waals surface area contributed by atoms with Crippen molar-refractivity contribution < 1.29 is 0 Å². The highest BCUT2D eigenvalue weighted by molar-refractivity contribution is 5.00. The Morgan fingerprint density at radius 3 is 3.00 bits per heavy atom. The SMILES string of the molecule is CCCn1nccc1CNCC1CN(C)CCN1C. The average molecular weight is 265 g/mol. The monoisotopic (exact) mass is 265 g/mol. The van der Waals surface area contributed by atoms with Crippen molar-refractivity contribution in [3.8, 4) is 0 Å². The van der Waals surface area contributed by atoms with Crippen molar-refractivity contribution in [2.75, 3.05) is 40.3 Å². The van der Waals surface area contributed by atoms with E-state index in [4.69, 9.17) is 0 Å². The third kappa shape index (κ3) is 4.03. The second-order valence-electron chi connectivity index (χ2n) is 5.57. The molecular formula is C14H27N5. The summed E-state index contributed by atoms with van der Waals surface area (Å²) >= 11 is 0. The quantitative estimate of drug-likeness (QED) is 0.818. The van der Waals surface area contributed by atoms with Gasteiger partial charge in [-0.25, -0.2) is 0 Å².